The topological polar surface area (TPSA) is 6.48 Å². The van der Waals surface area contributed by atoms with Gasteiger partial charge >= 0.3 is 0 Å². The maximum absolute atomic E-state index is 2.68. The van der Waals surface area contributed by atoms with Crippen LogP contribution in [-0.4, -0.2) is 43.0 Å². The molecular weight excluding hydrogens is 323 g/mol. The molecule has 1 heterocycles. The van der Waals surface area contributed by atoms with Crippen LogP contribution in [0.1, 0.15) is 23.6 Å². The third kappa shape index (κ3) is 2.37. The molecule has 92 valence electrons. The Hall–Kier alpha value is -0.130. The van der Waals surface area contributed by atoms with Crippen molar-refractivity contribution in [2.75, 3.05) is 33.2 Å². The van der Waals surface area contributed by atoms with Gasteiger partial charge in [0.1, 0.15) is 0 Å². The van der Waals surface area contributed by atoms with Crippen LogP contribution in [0.2, 0.25) is 0 Å². The second-order valence-electron chi connectivity index (χ2n) is 5.24. The summed E-state index contributed by atoms with van der Waals surface area (Å²) in [5.41, 5.74) is 3.18. The van der Waals surface area contributed by atoms with E-state index in [2.05, 4.69) is 57.6 Å². The molecule has 0 N–H and O–H groups in total. The summed E-state index contributed by atoms with van der Waals surface area (Å²) in [6, 6.07) is 7.67. The number of nitrogens with zero attached hydrogens (tertiary/aromatic N) is 2. The molecule has 1 saturated heterocycles. The molecule has 0 amide bonds. The zero-order valence-electron chi connectivity index (χ0n) is 10.3. The Balaban J connectivity index is 1.79. The molecule has 0 spiro atoms. The Morgan fingerprint density at radius 1 is 1.18 bits per heavy atom. The van der Waals surface area contributed by atoms with Gasteiger partial charge in [-0.25, -0.2) is 0 Å². The number of hydrogen-bond donors (Lipinski definition) is 0. The number of halogens is 1. The number of likely N-dealkylation sites (N-methyl/N-ethyl adjacent to an activating group) is 1. The summed E-state index contributed by atoms with van der Waals surface area (Å²) in [5, 5.41) is 0. The van der Waals surface area contributed by atoms with E-state index in [0.717, 1.165) is 0 Å². The van der Waals surface area contributed by atoms with E-state index < -0.39 is 0 Å². The summed E-state index contributed by atoms with van der Waals surface area (Å²) in [6.07, 6.45) is 2.59. The predicted molar refractivity (Wildman–Crippen MR) is 79.3 cm³/mol. The lowest BCUT2D eigenvalue weighted by molar-refractivity contribution is 0.111. The second kappa shape index (κ2) is 4.86. The Morgan fingerprint density at radius 2 is 1.94 bits per heavy atom. The highest BCUT2D eigenvalue weighted by atomic mass is 127. The lowest BCUT2D eigenvalue weighted by atomic mass is 10.1. The van der Waals surface area contributed by atoms with Crippen LogP contribution in [0.25, 0.3) is 0 Å². The van der Waals surface area contributed by atoms with E-state index in [-0.39, 0.29) is 0 Å². The zero-order valence-corrected chi connectivity index (χ0v) is 12.5. The van der Waals surface area contributed by atoms with Crippen molar-refractivity contribution in [1.82, 2.24) is 9.80 Å². The van der Waals surface area contributed by atoms with E-state index in [0.29, 0.717) is 6.04 Å². The van der Waals surface area contributed by atoms with Crippen molar-refractivity contribution in [2.45, 2.75) is 18.9 Å². The number of hydrogen-bond acceptors (Lipinski definition) is 2. The summed E-state index contributed by atoms with van der Waals surface area (Å²) in [5.74, 6) is 0. The van der Waals surface area contributed by atoms with Crippen molar-refractivity contribution in [2.24, 2.45) is 0 Å². The van der Waals surface area contributed by atoms with Crippen LogP contribution < -0.4 is 0 Å². The first-order valence-electron chi connectivity index (χ1n) is 6.45. The van der Waals surface area contributed by atoms with Crippen molar-refractivity contribution < 1.29 is 0 Å². The normalized spacial score (nSPS) is 26.1. The van der Waals surface area contributed by atoms with Gasteiger partial charge in [0.2, 0.25) is 0 Å². The van der Waals surface area contributed by atoms with Crippen LogP contribution in [0.4, 0.5) is 0 Å². The van der Waals surface area contributed by atoms with Crippen LogP contribution in [0, 0.1) is 3.57 Å². The number of fused-ring (bicyclic) bond motifs is 1. The highest BCUT2D eigenvalue weighted by Crippen LogP contribution is 2.36. The molecule has 17 heavy (non-hydrogen) atoms. The second-order valence-corrected chi connectivity index (χ2v) is 6.48. The lowest BCUT2D eigenvalue weighted by Crippen LogP contribution is -2.45. The molecule has 1 aliphatic heterocycles. The van der Waals surface area contributed by atoms with Gasteiger partial charge in [0, 0.05) is 35.8 Å². The van der Waals surface area contributed by atoms with Crippen LogP contribution in [0.5, 0.6) is 0 Å². The van der Waals surface area contributed by atoms with E-state index in [9.17, 15) is 0 Å². The van der Waals surface area contributed by atoms with Gasteiger partial charge in [0.25, 0.3) is 0 Å². The molecule has 1 aliphatic carbocycles. The standard InChI is InChI=1S/C14H19IN2/c1-16-6-8-17(9-7-16)14-5-2-11-10-12(15)3-4-13(11)14/h3-4,10,14H,2,5-9H2,1H3. The fourth-order valence-electron chi connectivity index (χ4n) is 3.08. The Bertz CT molecular complexity index is 411. The largest absolute Gasteiger partial charge is 0.304 e. The molecule has 0 aromatic heterocycles. The third-order valence-corrected chi connectivity index (χ3v) is 4.80. The number of piperazine rings is 1. The lowest BCUT2D eigenvalue weighted by Gasteiger charge is -2.36. The van der Waals surface area contributed by atoms with Crippen LogP contribution in [0.15, 0.2) is 18.2 Å². The molecule has 1 fully saturated rings. The number of aryl methyl sites for hydroxylation is 1. The summed E-state index contributed by atoms with van der Waals surface area (Å²) in [4.78, 5) is 5.11. The molecule has 2 nitrogen and oxygen atoms in total. The van der Waals surface area contributed by atoms with Crippen molar-refractivity contribution in [3.8, 4) is 0 Å². The Morgan fingerprint density at radius 3 is 2.71 bits per heavy atom. The molecule has 0 radical (unpaired) electrons. The summed E-state index contributed by atoms with van der Waals surface area (Å²) in [7, 11) is 2.22. The van der Waals surface area contributed by atoms with Crippen molar-refractivity contribution >= 4 is 22.6 Å². The quantitative estimate of drug-likeness (QED) is 0.724. The van der Waals surface area contributed by atoms with Gasteiger partial charge in [-0.3, -0.25) is 4.90 Å². The molecule has 3 rings (SSSR count). The minimum Gasteiger partial charge on any atom is -0.304 e. The van der Waals surface area contributed by atoms with Gasteiger partial charge < -0.3 is 4.90 Å². The van der Waals surface area contributed by atoms with E-state index in [4.69, 9.17) is 0 Å². The zero-order chi connectivity index (χ0) is 11.8. The summed E-state index contributed by atoms with van der Waals surface area (Å²) >= 11 is 2.42. The highest BCUT2D eigenvalue weighted by molar-refractivity contribution is 14.1. The SMILES string of the molecule is CN1CCN(C2CCc3cc(I)ccc32)CC1. The van der Waals surface area contributed by atoms with E-state index >= 15 is 0 Å². The monoisotopic (exact) mass is 342 g/mol. The summed E-state index contributed by atoms with van der Waals surface area (Å²) in [6.45, 7) is 4.89. The average Bonchev–Trinajstić information content (AvgIpc) is 2.73. The van der Waals surface area contributed by atoms with Gasteiger partial charge in [-0.15, -0.1) is 0 Å². The molecule has 1 unspecified atom stereocenters. The average molecular weight is 342 g/mol. The molecule has 1 aromatic rings. The van der Waals surface area contributed by atoms with Crippen LogP contribution >= 0.6 is 22.6 Å². The van der Waals surface area contributed by atoms with Crippen molar-refractivity contribution in [3.63, 3.8) is 0 Å². The van der Waals surface area contributed by atoms with Gasteiger partial charge in [0.15, 0.2) is 0 Å². The fourth-order valence-corrected chi connectivity index (χ4v) is 3.63. The smallest absolute Gasteiger partial charge is 0.0355 e. The minimum atomic E-state index is 0.690. The molecule has 1 atom stereocenters. The first-order chi connectivity index (χ1) is 8.24. The maximum Gasteiger partial charge on any atom is 0.0355 e. The third-order valence-electron chi connectivity index (χ3n) is 4.13. The Labute approximate surface area is 117 Å². The number of rotatable bonds is 1. The summed E-state index contributed by atoms with van der Waals surface area (Å²) < 4.78 is 1.38. The molecule has 1 aromatic carbocycles. The maximum atomic E-state index is 2.68. The van der Waals surface area contributed by atoms with Crippen molar-refractivity contribution in [3.05, 3.63) is 32.9 Å². The minimum absolute atomic E-state index is 0.690. The Kier molecular flexibility index (Phi) is 3.41. The number of benzene rings is 1. The van der Waals surface area contributed by atoms with Crippen molar-refractivity contribution in [1.29, 1.82) is 0 Å². The molecule has 0 bridgehead atoms. The van der Waals surface area contributed by atoms with Gasteiger partial charge in [-0.2, -0.15) is 0 Å². The molecule has 3 heteroatoms. The van der Waals surface area contributed by atoms with Gasteiger partial charge in [0.05, 0.1) is 0 Å². The van der Waals surface area contributed by atoms with Crippen LogP contribution in [-0.2, 0) is 6.42 Å². The van der Waals surface area contributed by atoms with Gasteiger partial charge in [-0.05, 0) is 65.7 Å². The highest BCUT2D eigenvalue weighted by Gasteiger charge is 2.29. The predicted octanol–water partition coefficient (Wildman–Crippen LogP) is 2.53. The van der Waals surface area contributed by atoms with Gasteiger partial charge in [-0.1, -0.05) is 6.07 Å². The first-order valence-corrected chi connectivity index (χ1v) is 7.53. The van der Waals surface area contributed by atoms with E-state index in [1.54, 1.807) is 11.1 Å². The molecule has 2 aliphatic rings. The first kappa shape index (κ1) is 11.9. The van der Waals surface area contributed by atoms with E-state index in [1.165, 1.54) is 42.6 Å². The van der Waals surface area contributed by atoms with E-state index in [1.807, 2.05) is 0 Å². The molecular formula is C14H19IN2. The molecule has 0 saturated carbocycles. The fraction of sp³-hybridized carbons (Fsp3) is 0.571. The van der Waals surface area contributed by atoms with Crippen LogP contribution in [0.3, 0.4) is 0 Å².